The van der Waals surface area contributed by atoms with Crippen LogP contribution in [0.3, 0.4) is 0 Å². The number of aromatic nitrogens is 2. The molecule has 0 saturated heterocycles. The molecular weight excluding hydrogens is 280 g/mol. The fourth-order valence-electron chi connectivity index (χ4n) is 1.79. The second kappa shape index (κ2) is 4.94. The minimum Gasteiger partial charge on any atom is -0.327 e. The molecule has 2 rings (SSSR count). The fraction of sp³-hybridized carbons (Fsp3) is 0.250. The number of carbonyl (C=O) groups is 1. The first kappa shape index (κ1) is 14.0. The lowest BCUT2D eigenvalue weighted by Gasteiger charge is -2.10. The maximum atomic E-state index is 12.2. The van der Waals surface area contributed by atoms with Crippen LogP contribution in [0.15, 0.2) is 29.6 Å². The van der Waals surface area contributed by atoms with E-state index in [1.54, 1.807) is 18.2 Å². The molecule has 8 heteroatoms. The molecule has 0 aliphatic heterocycles. The molecule has 0 N–H and O–H groups in total. The van der Waals surface area contributed by atoms with Crippen molar-refractivity contribution >= 4 is 21.3 Å². The first-order valence-corrected chi connectivity index (χ1v) is 7.55. The number of sulfone groups is 1. The largest absolute Gasteiger partial charge is 0.327 e. The van der Waals surface area contributed by atoms with Crippen LogP contribution in [-0.2, 0) is 9.84 Å². The predicted molar refractivity (Wildman–Crippen MR) is 70.9 cm³/mol. The molecule has 20 heavy (non-hydrogen) atoms. The summed E-state index contributed by atoms with van der Waals surface area (Å²) in [6, 6.07) is 6.80. The van der Waals surface area contributed by atoms with E-state index in [4.69, 9.17) is 5.26 Å². The highest BCUT2D eigenvalue weighted by atomic mass is 32.2. The highest BCUT2D eigenvalue weighted by Gasteiger charge is 2.24. The minimum absolute atomic E-state index is 0.0174. The van der Waals surface area contributed by atoms with Crippen LogP contribution < -0.4 is 0 Å². The van der Waals surface area contributed by atoms with E-state index in [9.17, 15) is 13.2 Å². The standard InChI is InChI=1S/C12H12N4O3S/c1-15(8-6-13)11(17)10-9-5-3-4-7-16(9)12(14-10)20(2,18)19/h3-5,7H,8H2,1-2H3. The highest BCUT2D eigenvalue weighted by molar-refractivity contribution is 7.90. The molecule has 7 nitrogen and oxygen atoms in total. The van der Waals surface area contributed by atoms with E-state index < -0.39 is 15.7 Å². The van der Waals surface area contributed by atoms with Gasteiger partial charge in [0.1, 0.15) is 6.54 Å². The molecule has 0 saturated carbocycles. The Kier molecular flexibility index (Phi) is 3.46. The van der Waals surface area contributed by atoms with Crippen LogP contribution >= 0.6 is 0 Å². The molecule has 0 spiro atoms. The van der Waals surface area contributed by atoms with Gasteiger partial charge < -0.3 is 4.90 Å². The molecular formula is C12H12N4O3S. The number of fused-ring (bicyclic) bond motifs is 1. The van der Waals surface area contributed by atoms with Crippen molar-refractivity contribution in [1.82, 2.24) is 14.3 Å². The van der Waals surface area contributed by atoms with Crippen molar-refractivity contribution in [3.8, 4) is 6.07 Å². The van der Waals surface area contributed by atoms with Crippen LogP contribution in [-0.4, -0.2) is 48.5 Å². The van der Waals surface area contributed by atoms with Gasteiger partial charge in [0.2, 0.25) is 15.0 Å². The van der Waals surface area contributed by atoms with Gasteiger partial charge in [0.05, 0.1) is 11.6 Å². The van der Waals surface area contributed by atoms with E-state index in [0.717, 1.165) is 6.26 Å². The topological polar surface area (TPSA) is 95.5 Å². The Balaban J connectivity index is 2.67. The van der Waals surface area contributed by atoms with E-state index in [1.165, 1.54) is 22.5 Å². The number of hydrogen-bond donors (Lipinski definition) is 0. The van der Waals surface area contributed by atoms with Crippen molar-refractivity contribution in [3.05, 3.63) is 30.1 Å². The Hall–Kier alpha value is -2.40. The molecule has 0 aliphatic carbocycles. The zero-order valence-electron chi connectivity index (χ0n) is 10.9. The first-order chi connectivity index (χ1) is 9.36. The number of nitriles is 1. The summed E-state index contributed by atoms with van der Waals surface area (Å²) >= 11 is 0. The van der Waals surface area contributed by atoms with Crippen LogP contribution in [0.5, 0.6) is 0 Å². The Labute approximate surface area is 116 Å². The van der Waals surface area contributed by atoms with Crippen molar-refractivity contribution < 1.29 is 13.2 Å². The molecule has 104 valence electrons. The van der Waals surface area contributed by atoms with Crippen molar-refractivity contribution in [3.63, 3.8) is 0 Å². The summed E-state index contributed by atoms with van der Waals surface area (Å²) in [4.78, 5) is 17.3. The van der Waals surface area contributed by atoms with Crippen molar-refractivity contribution in [1.29, 1.82) is 5.26 Å². The third kappa shape index (κ3) is 2.35. The average molecular weight is 292 g/mol. The monoisotopic (exact) mass is 292 g/mol. The summed E-state index contributed by atoms with van der Waals surface area (Å²) in [6.07, 6.45) is 2.56. The van der Waals surface area contributed by atoms with Gasteiger partial charge in [-0.2, -0.15) is 5.26 Å². The Morgan fingerprint density at radius 3 is 2.80 bits per heavy atom. The zero-order valence-corrected chi connectivity index (χ0v) is 11.8. The number of hydrogen-bond acceptors (Lipinski definition) is 5. The van der Waals surface area contributed by atoms with Gasteiger partial charge >= 0.3 is 0 Å². The number of carbonyl (C=O) groups excluding carboxylic acids is 1. The molecule has 0 aromatic carbocycles. The lowest BCUT2D eigenvalue weighted by Crippen LogP contribution is -2.27. The molecule has 0 radical (unpaired) electrons. The molecule has 0 bridgehead atoms. The molecule has 0 unspecified atom stereocenters. The van der Waals surface area contributed by atoms with E-state index in [-0.39, 0.29) is 17.4 Å². The molecule has 0 atom stereocenters. The summed E-state index contributed by atoms with van der Waals surface area (Å²) in [7, 11) is -2.11. The maximum absolute atomic E-state index is 12.2. The van der Waals surface area contributed by atoms with E-state index >= 15 is 0 Å². The number of imidazole rings is 1. The Bertz CT molecular complexity index is 817. The van der Waals surface area contributed by atoms with Gasteiger partial charge in [0, 0.05) is 19.5 Å². The number of pyridine rings is 1. The van der Waals surface area contributed by atoms with Crippen molar-refractivity contribution in [2.24, 2.45) is 0 Å². The van der Waals surface area contributed by atoms with Crippen LogP contribution in [0, 0.1) is 11.3 Å². The van der Waals surface area contributed by atoms with Crippen molar-refractivity contribution in [2.75, 3.05) is 19.8 Å². The third-order valence-electron chi connectivity index (χ3n) is 2.70. The van der Waals surface area contributed by atoms with Crippen LogP contribution in [0.2, 0.25) is 0 Å². The van der Waals surface area contributed by atoms with Gasteiger partial charge in [0.25, 0.3) is 5.91 Å². The normalized spacial score (nSPS) is 11.2. The van der Waals surface area contributed by atoms with Gasteiger partial charge in [-0.05, 0) is 12.1 Å². The summed E-state index contributed by atoms with van der Waals surface area (Å²) < 4.78 is 24.8. The highest BCUT2D eigenvalue weighted by Crippen LogP contribution is 2.18. The van der Waals surface area contributed by atoms with Gasteiger partial charge in [-0.1, -0.05) is 6.07 Å². The molecule has 0 fully saturated rings. The van der Waals surface area contributed by atoms with Gasteiger partial charge in [-0.25, -0.2) is 13.4 Å². The van der Waals surface area contributed by atoms with E-state index in [2.05, 4.69) is 4.98 Å². The maximum Gasteiger partial charge on any atom is 0.275 e. The Morgan fingerprint density at radius 1 is 1.50 bits per heavy atom. The lowest BCUT2D eigenvalue weighted by molar-refractivity contribution is 0.0808. The summed E-state index contributed by atoms with van der Waals surface area (Å²) in [5.41, 5.74) is 0.409. The SMILES string of the molecule is CN(CC#N)C(=O)c1nc(S(C)(=O)=O)n2ccccc12. The quantitative estimate of drug-likeness (QED) is 0.760. The Morgan fingerprint density at radius 2 is 2.20 bits per heavy atom. The molecule has 2 aromatic heterocycles. The van der Waals surface area contributed by atoms with E-state index in [1.807, 2.05) is 6.07 Å². The smallest absolute Gasteiger partial charge is 0.275 e. The van der Waals surface area contributed by atoms with Gasteiger partial charge in [-0.15, -0.1) is 0 Å². The van der Waals surface area contributed by atoms with Gasteiger partial charge in [-0.3, -0.25) is 9.20 Å². The summed E-state index contributed by atoms with van der Waals surface area (Å²) in [5.74, 6) is -0.495. The van der Waals surface area contributed by atoms with Crippen LogP contribution in [0.25, 0.3) is 5.52 Å². The minimum atomic E-state index is -3.56. The summed E-state index contributed by atoms with van der Waals surface area (Å²) in [6.45, 7) is -0.0983. The van der Waals surface area contributed by atoms with Crippen LogP contribution in [0.4, 0.5) is 0 Å². The van der Waals surface area contributed by atoms with E-state index in [0.29, 0.717) is 5.52 Å². The van der Waals surface area contributed by atoms with Crippen molar-refractivity contribution in [2.45, 2.75) is 5.16 Å². The number of rotatable bonds is 3. The van der Waals surface area contributed by atoms with Gasteiger partial charge in [0.15, 0.2) is 5.69 Å². The molecule has 0 aliphatic rings. The second-order valence-corrected chi connectivity index (χ2v) is 6.20. The number of amides is 1. The molecule has 2 aromatic rings. The third-order valence-corrected chi connectivity index (χ3v) is 3.66. The van der Waals surface area contributed by atoms with Crippen LogP contribution in [0.1, 0.15) is 10.5 Å². The molecule has 2 heterocycles. The lowest BCUT2D eigenvalue weighted by atomic mass is 10.3. The first-order valence-electron chi connectivity index (χ1n) is 5.66. The average Bonchev–Trinajstić information content (AvgIpc) is 2.77. The molecule has 1 amide bonds. The number of nitrogens with zero attached hydrogens (tertiary/aromatic N) is 4. The predicted octanol–water partition coefficient (Wildman–Crippen LogP) is 0.333. The summed E-state index contributed by atoms with van der Waals surface area (Å²) in [5, 5.41) is 8.42. The zero-order chi connectivity index (χ0) is 14.9. The second-order valence-electron chi connectivity index (χ2n) is 4.29. The fourth-order valence-corrected chi connectivity index (χ4v) is 2.56.